The van der Waals surface area contributed by atoms with Crippen molar-refractivity contribution in [3.63, 3.8) is 0 Å². The lowest BCUT2D eigenvalue weighted by Crippen LogP contribution is -2.57. The SMILES string of the molecule is COC(=O)[C@H]1CCC[C@H](CN2CCCC2)N1C(=O)Cc1ccc(Cl)c(Cl)c1.O=C(O)/C=C\C(=O)O. The van der Waals surface area contributed by atoms with E-state index in [0.29, 0.717) is 28.6 Å². The third-order valence-corrected chi connectivity index (χ3v) is 6.62. The van der Waals surface area contributed by atoms with Crippen LogP contribution in [0.4, 0.5) is 0 Å². The molecular weight excluding hydrogens is 499 g/mol. The molecular formula is C24H30Cl2N2O7. The number of halogens is 2. The lowest BCUT2D eigenvalue weighted by molar-refractivity contribution is -0.157. The molecule has 2 atom stereocenters. The van der Waals surface area contributed by atoms with E-state index < -0.39 is 18.0 Å². The first-order valence-electron chi connectivity index (χ1n) is 11.3. The van der Waals surface area contributed by atoms with Crippen molar-refractivity contribution in [1.82, 2.24) is 9.80 Å². The average molecular weight is 529 g/mol. The lowest BCUT2D eigenvalue weighted by Gasteiger charge is -2.42. The van der Waals surface area contributed by atoms with Gasteiger partial charge in [0.25, 0.3) is 0 Å². The number of carbonyl (C=O) groups is 4. The van der Waals surface area contributed by atoms with Crippen molar-refractivity contribution in [3.05, 3.63) is 46.0 Å². The Hall–Kier alpha value is -2.62. The number of likely N-dealkylation sites (tertiary alicyclic amines) is 2. The van der Waals surface area contributed by atoms with Gasteiger partial charge in [0.2, 0.25) is 5.91 Å². The molecule has 35 heavy (non-hydrogen) atoms. The van der Waals surface area contributed by atoms with Crippen molar-refractivity contribution in [3.8, 4) is 0 Å². The van der Waals surface area contributed by atoms with Crippen LogP contribution in [-0.2, 0) is 30.3 Å². The van der Waals surface area contributed by atoms with Crippen LogP contribution in [0.5, 0.6) is 0 Å². The fourth-order valence-electron chi connectivity index (χ4n) is 4.32. The number of hydrogen-bond acceptors (Lipinski definition) is 6. The number of carboxylic acid groups (broad SMARTS) is 2. The number of nitrogens with zero attached hydrogens (tertiary/aromatic N) is 2. The van der Waals surface area contributed by atoms with E-state index >= 15 is 0 Å². The van der Waals surface area contributed by atoms with E-state index in [2.05, 4.69) is 4.90 Å². The number of carboxylic acids is 2. The molecule has 0 radical (unpaired) electrons. The minimum absolute atomic E-state index is 0.0382. The predicted octanol–water partition coefficient (Wildman–Crippen LogP) is 3.27. The van der Waals surface area contributed by atoms with Gasteiger partial charge in [0.05, 0.1) is 23.6 Å². The van der Waals surface area contributed by atoms with Gasteiger partial charge in [-0.25, -0.2) is 14.4 Å². The summed E-state index contributed by atoms with van der Waals surface area (Å²) in [7, 11) is 1.38. The fourth-order valence-corrected chi connectivity index (χ4v) is 4.65. The summed E-state index contributed by atoms with van der Waals surface area (Å²) in [5.41, 5.74) is 0.795. The molecule has 192 valence electrons. The quantitative estimate of drug-likeness (QED) is 0.408. The highest BCUT2D eigenvalue weighted by atomic mass is 35.5. The number of piperidine rings is 1. The Labute approximate surface area is 214 Å². The van der Waals surface area contributed by atoms with Crippen molar-refractivity contribution in [1.29, 1.82) is 0 Å². The van der Waals surface area contributed by atoms with Gasteiger partial charge in [-0.1, -0.05) is 29.3 Å². The maximum atomic E-state index is 13.2. The molecule has 0 spiro atoms. The number of methoxy groups -OCH3 is 1. The number of aliphatic carboxylic acids is 2. The Balaban J connectivity index is 0.000000466. The van der Waals surface area contributed by atoms with Crippen molar-refractivity contribution in [2.45, 2.75) is 50.6 Å². The van der Waals surface area contributed by atoms with Crippen molar-refractivity contribution < 1.29 is 34.1 Å². The minimum atomic E-state index is -1.26. The van der Waals surface area contributed by atoms with Crippen LogP contribution >= 0.6 is 23.2 Å². The van der Waals surface area contributed by atoms with Crippen LogP contribution in [0.25, 0.3) is 0 Å². The largest absolute Gasteiger partial charge is 0.478 e. The van der Waals surface area contributed by atoms with Crippen molar-refractivity contribution in [2.24, 2.45) is 0 Å². The summed E-state index contributed by atoms with van der Waals surface area (Å²) in [5, 5.41) is 16.5. The van der Waals surface area contributed by atoms with E-state index in [-0.39, 0.29) is 24.3 Å². The summed E-state index contributed by atoms with van der Waals surface area (Å²) in [4.78, 5) is 48.8. The van der Waals surface area contributed by atoms with Gasteiger partial charge < -0.3 is 24.7 Å². The molecule has 9 nitrogen and oxygen atoms in total. The Morgan fingerprint density at radius 3 is 2.17 bits per heavy atom. The van der Waals surface area contributed by atoms with E-state index in [4.69, 9.17) is 38.2 Å². The number of esters is 1. The van der Waals surface area contributed by atoms with E-state index in [9.17, 15) is 19.2 Å². The van der Waals surface area contributed by atoms with Gasteiger partial charge in [0.15, 0.2) is 0 Å². The Morgan fingerprint density at radius 2 is 1.63 bits per heavy atom. The number of carbonyl (C=O) groups excluding carboxylic acids is 2. The molecule has 0 bridgehead atoms. The average Bonchev–Trinajstić information content (AvgIpc) is 3.33. The molecule has 1 amide bonds. The third kappa shape index (κ3) is 9.16. The molecule has 3 rings (SSSR count). The zero-order valence-electron chi connectivity index (χ0n) is 19.5. The van der Waals surface area contributed by atoms with Crippen LogP contribution < -0.4 is 0 Å². The molecule has 2 N–H and O–H groups in total. The number of amides is 1. The fraction of sp³-hybridized carbons (Fsp3) is 0.500. The molecule has 2 saturated heterocycles. The lowest BCUT2D eigenvalue weighted by atomic mass is 9.94. The minimum Gasteiger partial charge on any atom is -0.478 e. The Kier molecular flexibility index (Phi) is 11.5. The molecule has 0 saturated carbocycles. The summed E-state index contributed by atoms with van der Waals surface area (Å²) in [6.45, 7) is 2.95. The molecule has 11 heteroatoms. The molecule has 2 heterocycles. The maximum Gasteiger partial charge on any atom is 0.328 e. The second-order valence-corrected chi connectivity index (χ2v) is 9.18. The van der Waals surface area contributed by atoms with Crippen LogP contribution in [0.1, 0.15) is 37.7 Å². The Bertz CT molecular complexity index is 932. The second kappa shape index (κ2) is 14.1. The van der Waals surface area contributed by atoms with Gasteiger partial charge in [0, 0.05) is 24.7 Å². The molecule has 2 fully saturated rings. The van der Waals surface area contributed by atoms with Crippen LogP contribution in [0.3, 0.4) is 0 Å². The van der Waals surface area contributed by atoms with Gasteiger partial charge >= 0.3 is 17.9 Å². The number of ether oxygens (including phenoxy) is 1. The summed E-state index contributed by atoms with van der Waals surface area (Å²) in [6, 6.07) is 4.75. The van der Waals surface area contributed by atoms with E-state index in [0.717, 1.165) is 38.0 Å². The highest BCUT2D eigenvalue weighted by Gasteiger charge is 2.39. The predicted molar refractivity (Wildman–Crippen MR) is 131 cm³/mol. The maximum absolute atomic E-state index is 13.2. The zero-order chi connectivity index (χ0) is 26.0. The number of hydrogen-bond donors (Lipinski definition) is 2. The van der Waals surface area contributed by atoms with Crippen molar-refractivity contribution in [2.75, 3.05) is 26.7 Å². The highest BCUT2D eigenvalue weighted by Crippen LogP contribution is 2.28. The van der Waals surface area contributed by atoms with Gasteiger partial charge in [-0.2, -0.15) is 0 Å². The molecule has 0 unspecified atom stereocenters. The zero-order valence-corrected chi connectivity index (χ0v) is 21.0. The summed E-state index contributed by atoms with van der Waals surface area (Å²) in [6.07, 6.45) is 6.20. The summed E-state index contributed by atoms with van der Waals surface area (Å²) < 4.78 is 4.99. The van der Waals surface area contributed by atoms with E-state index in [1.165, 1.54) is 20.0 Å². The molecule has 2 aliphatic rings. The molecule has 0 aromatic heterocycles. The monoisotopic (exact) mass is 528 g/mol. The smallest absolute Gasteiger partial charge is 0.328 e. The topological polar surface area (TPSA) is 124 Å². The van der Waals surface area contributed by atoms with E-state index in [1.54, 1.807) is 23.1 Å². The van der Waals surface area contributed by atoms with Gasteiger partial charge in [-0.05, 0) is 62.9 Å². The summed E-state index contributed by atoms with van der Waals surface area (Å²) >= 11 is 12.1. The van der Waals surface area contributed by atoms with Gasteiger partial charge in [-0.15, -0.1) is 0 Å². The number of benzene rings is 1. The van der Waals surface area contributed by atoms with Crippen LogP contribution in [-0.4, -0.2) is 82.7 Å². The normalized spacial score (nSPS) is 20.3. The van der Waals surface area contributed by atoms with Gasteiger partial charge in [-0.3, -0.25) is 4.79 Å². The molecule has 2 aliphatic heterocycles. The van der Waals surface area contributed by atoms with Crippen molar-refractivity contribution >= 4 is 47.0 Å². The van der Waals surface area contributed by atoms with Crippen LogP contribution in [0.15, 0.2) is 30.4 Å². The molecule has 1 aromatic rings. The van der Waals surface area contributed by atoms with E-state index in [1.807, 2.05) is 0 Å². The van der Waals surface area contributed by atoms with Gasteiger partial charge in [0.1, 0.15) is 6.04 Å². The summed E-state index contributed by atoms with van der Waals surface area (Å²) in [5.74, 6) is -2.91. The highest BCUT2D eigenvalue weighted by molar-refractivity contribution is 6.42. The number of rotatable bonds is 7. The molecule has 1 aromatic carbocycles. The first-order chi connectivity index (χ1) is 16.6. The van der Waals surface area contributed by atoms with Crippen LogP contribution in [0, 0.1) is 0 Å². The molecule has 0 aliphatic carbocycles. The third-order valence-electron chi connectivity index (χ3n) is 5.88. The first kappa shape index (κ1) is 28.6. The Morgan fingerprint density at radius 1 is 1.00 bits per heavy atom. The first-order valence-corrected chi connectivity index (χ1v) is 12.1. The second-order valence-electron chi connectivity index (χ2n) is 8.37. The van der Waals surface area contributed by atoms with Crippen LogP contribution in [0.2, 0.25) is 10.0 Å². The standard InChI is InChI=1S/C20H26Cl2N2O3.C4H4O4/c1-27-20(26)18-6-4-5-15(13-23-9-2-3-10-23)24(18)19(25)12-14-7-8-16(21)17(22)11-14;5-3(6)1-2-4(7)8/h7-8,11,15,18H,2-6,9-10,12-13H2,1H3;1-2H,(H,5,6)(H,7,8)/b;2-1-/t15-,18-;/m1./s1.